The summed E-state index contributed by atoms with van der Waals surface area (Å²) in [5.74, 6) is 0.419. The number of anilines is 1. The first kappa shape index (κ1) is 13.1. The van der Waals surface area contributed by atoms with Crippen molar-refractivity contribution in [2.75, 3.05) is 18.1 Å². The number of hydrogen-bond donors (Lipinski definition) is 0. The molecule has 1 aliphatic heterocycles. The van der Waals surface area contributed by atoms with E-state index in [2.05, 4.69) is 0 Å². The van der Waals surface area contributed by atoms with Gasteiger partial charge in [0.25, 0.3) is 11.8 Å². The van der Waals surface area contributed by atoms with E-state index in [1.807, 2.05) is 13.8 Å². The Morgan fingerprint density at radius 1 is 0.947 bits per heavy atom. The maximum atomic E-state index is 11.6. The minimum atomic E-state index is -0.350. The lowest BCUT2D eigenvalue weighted by atomic mass is 10.2. The molecule has 5 heteroatoms. The number of carbonyl (C=O) groups excluding carboxylic acids is 2. The summed E-state index contributed by atoms with van der Waals surface area (Å²) in [4.78, 5) is 24.3. The number of hydrogen-bond acceptors (Lipinski definition) is 4. The van der Waals surface area contributed by atoms with Gasteiger partial charge in [-0.05, 0) is 26.0 Å². The van der Waals surface area contributed by atoms with Gasteiger partial charge in [0.1, 0.15) is 0 Å². The van der Waals surface area contributed by atoms with Crippen molar-refractivity contribution >= 4 is 17.5 Å². The molecule has 5 nitrogen and oxygen atoms in total. The van der Waals surface area contributed by atoms with E-state index >= 15 is 0 Å². The fraction of sp³-hybridized carbons (Fsp3) is 0.286. The molecule has 19 heavy (non-hydrogen) atoms. The molecule has 0 spiro atoms. The molecule has 1 aromatic rings. The van der Waals surface area contributed by atoms with Crippen LogP contribution in [0.3, 0.4) is 0 Å². The highest BCUT2D eigenvalue weighted by molar-refractivity contribution is 6.28. The van der Waals surface area contributed by atoms with E-state index in [0.717, 1.165) is 4.90 Å². The van der Waals surface area contributed by atoms with Gasteiger partial charge < -0.3 is 9.47 Å². The smallest absolute Gasteiger partial charge is 0.258 e. The van der Waals surface area contributed by atoms with Crippen LogP contribution in [0.2, 0.25) is 0 Å². The zero-order valence-electron chi connectivity index (χ0n) is 10.9. The third kappa shape index (κ3) is 2.59. The Morgan fingerprint density at radius 3 is 2.11 bits per heavy atom. The second kappa shape index (κ2) is 5.56. The number of nitrogens with zero attached hydrogens (tertiary/aromatic N) is 1. The second-order valence-electron chi connectivity index (χ2n) is 3.84. The largest absolute Gasteiger partial charge is 0.490 e. The Hall–Kier alpha value is -2.30. The van der Waals surface area contributed by atoms with Crippen LogP contribution in [0.4, 0.5) is 5.69 Å². The van der Waals surface area contributed by atoms with Crippen LogP contribution in [0.1, 0.15) is 13.8 Å². The molecule has 2 rings (SSSR count). The number of amides is 2. The van der Waals surface area contributed by atoms with Gasteiger partial charge >= 0.3 is 0 Å². The molecule has 0 atom stereocenters. The molecule has 0 aromatic heterocycles. The highest BCUT2D eigenvalue weighted by Crippen LogP contribution is 2.33. The van der Waals surface area contributed by atoms with Crippen LogP contribution >= 0.6 is 0 Å². The lowest BCUT2D eigenvalue weighted by Crippen LogP contribution is -2.29. The van der Waals surface area contributed by atoms with E-state index in [1.54, 1.807) is 18.2 Å². The summed E-state index contributed by atoms with van der Waals surface area (Å²) in [5.41, 5.74) is 0.479. The van der Waals surface area contributed by atoms with Gasteiger partial charge in [0.05, 0.1) is 18.9 Å². The molecule has 2 amide bonds. The number of ether oxygens (including phenoxy) is 2. The van der Waals surface area contributed by atoms with Crippen molar-refractivity contribution in [3.05, 3.63) is 30.4 Å². The quantitative estimate of drug-likeness (QED) is 0.760. The summed E-state index contributed by atoms with van der Waals surface area (Å²) >= 11 is 0. The van der Waals surface area contributed by atoms with Crippen LogP contribution in [0.15, 0.2) is 30.4 Å². The van der Waals surface area contributed by atoms with Crippen LogP contribution in [-0.4, -0.2) is 25.0 Å². The average Bonchev–Trinajstić information content (AvgIpc) is 2.72. The predicted octanol–water partition coefficient (Wildman–Crippen LogP) is 1.91. The van der Waals surface area contributed by atoms with Crippen molar-refractivity contribution in [3.63, 3.8) is 0 Å². The number of imide groups is 1. The van der Waals surface area contributed by atoms with Crippen LogP contribution in [-0.2, 0) is 9.59 Å². The number of benzene rings is 1. The zero-order valence-corrected chi connectivity index (χ0v) is 10.9. The standard InChI is InChI=1S/C14H15NO4/c1-3-18-11-6-5-10(9-12(11)19-4-2)15-13(16)7-8-14(15)17/h5-9H,3-4H2,1-2H3. The molecule has 0 bridgehead atoms. The molecular formula is C14H15NO4. The summed E-state index contributed by atoms with van der Waals surface area (Å²) < 4.78 is 10.9. The highest BCUT2D eigenvalue weighted by atomic mass is 16.5. The first-order chi connectivity index (χ1) is 9.17. The van der Waals surface area contributed by atoms with Crippen LogP contribution in [0.25, 0.3) is 0 Å². The van der Waals surface area contributed by atoms with E-state index in [0.29, 0.717) is 30.4 Å². The second-order valence-corrected chi connectivity index (χ2v) is 3.84. The predicted molar refractivity (Wildman–Crippen MR) is 70.4 cm³/mol. The summed E-state index contributed by atoms with van der Waals surface area (Å²) in [7, 11) is 0. The van der Waals surface area contributed by atoms with Gasteiger partial charge in [0, 0.05) is 18.2 Å². The number of rotatable bonds is 5. The minimum absolute atomic E-state index is 0.350. The Morgan fingerprint density at radius 2 is 1.53 bits per heavy atom. The normalized spacial score (nSPS) is 14.1. The Bertz CT molecular complexity index is 518. The maximum absolute atomic E-state index is 11.6. The highest BCUT2D eigenvalue weighted by Gasteiger charge is 2.26. The van der Waals surface area contributed by atoms with Crippen molar-refractivity contribution in [2.24, 2.45) is 0 Å². The summed E-state index contributed by atoms with van der Waals surface area (Å²) in [6.45, 7) is 4.73. The third-order valence-corrected chi connectivity index (χ3v) is 2.59. The molecule has 0 unspecified atom stereocenters. The van der Waals surface area contributed by atoms with Gasteiger partial charge in [-0.25, -0.2) is 4.90 Å². The van der Waals surface area contributed by atoms with Crippen molar-refractivity contribution in [1.29, 1.82) is 0 Å². The van der Waals surface area contributed by atoms with E-state index in [4.69, 9.17) is 9.47 Å². The number of carbonyl (C=O) groups is 2. The topological polar surface area (TPSA) is 55.8 Å². The van der Waals surface area contributed by atoms with Gasteiger partial charge in [-0.1, -0.05) is 0 Å². The van der Waals surface area contributed by atoms with Crippen molar-refractivity contribution in [3.8, 4) is 11.5 Å². The molecule has 1 heterocycles. The first-order valence-corrected chi connectivity index (χ1v) is 6.13. The SMILES string of the molecule is CCOc1ccc(N2C(=O)C=CC2=O)cc1OCC. The van der Waals surface area contributed by atoms with Gasteiger partial charge in [-0.3, -0.25) is 9.59 Å². The molecule has 1 aliphatic rings. The Labute approximate surface area is 111 Å². The molecule has 0 saturated heterocycles. The van der Waals surface area contributed by atoms with Crippen molar-refractivity contribution in [2.45, 2.75) is 13.8 Å². The maximum Gasteiger partial charge on any atom is 0.258 e. The van der Waals surface area contributed by atoms with Crippen LogP contribution < -0.4 is 14.4 Å². The lowest BCUT2D eigenvalue weighted by Gasteiger charge is -2.17. The summed E-state index contributed by atoms with van der Waals surface area (Å²) in [5, 5.41) is 0. The molecule has 0 aliphatic carbocycles. The van der Waals surface area contributed by atoms with E-state index in [9.17, 15) is 9.59 Å². The average molecular weight is 261 g/mol. The van der Waals surface area contributed by atoms with Crippen molar-refractivity contribution in [1.82, 2.24) is 0 Å². The molecule has 0 N–H and O–H groups in total. The molecule has 1 aromatic carbocycles. The van der Waals surface area contributed by atoms with E-state index in [-0.39, 0.29) is 11.8 Å². The summed E-state index contributed by atoms with van der Waals surface area (Å²) in [6, 6.07) is 5.00. The van der Waals surface area contributed by atoms with E-state index < -0.39 is 0 Å². The van der Waals surface area contributed by atoms with E-state index in [1.165, 1.54) is 12.2 Å². The molecule has 0 radical (unpaired) electrons. The molecule has 0 saturated carbocycles. The Kier molecular flexibility index (Phi) is 3.85. The Balaban J connectivity index is 2.35. The van der Waals surface area contributed by atoms with Crippen molar-refractivity contribution < 1.29 is 19.1 Å². The van der Waals surface area contributed by atoms with Gasteiger partial charge in [0.15, 0.2) is 11.5 Å². The fourth-order valence-corrected chi connectivity index (χ4v) is 1.83. The monoisotopic (exact) mass is 261 g/mol. The summed E-state index contributed by atoms with van der Waals surface area (Å²) in [6.07, 6.45) is 2.50. The lowest BCUT2D eigenvalue weighted by molar-refractivity contribution is -0.119. The van der Waals surface area contributed by atoms with Crippen LogP contribution in [0.5, 0.6) is 11.5 Å². The van der Waals surface area contributed by atoms with Gasteiger partial charge in [-0.2, -0.15) is 0 Å². The molecule has 0 fully saturated rings. The zero-order chi connectivity index (χ0) is 13.8. The van der Waals surface area contributed by atoms with Gasteiger partial charge in [-0.15, -0.1) is 0 Å². The van der Waals surface area contributed by atoms with Gasteiger partial charge in [0.2, 0.25) is 0 Å². The first-order valence-electron chi connectivity index (χ1n) is 6.13. The molecule has 100 valence electrons. The fourth-order valence-electron chi connectivity index (χ4n) is 1.83. The molecular weight excluding hydrogens is 246 g/mol. The third-order valence-electron chi connectivity index (χ3n) is 2.59. The van der Waals surface area contributed by atoms with Crippen LogP contribution in [0, 0.1) is 0 Å². The minimum Gasteiger partial charge on any atom is -0.490 e.